The van der Waals surface area contributed by atoms with E-state index < -0.39 is 0 Å². The van der Waals surface area contributed by atoms with E-state index >= 15 is 0 Å². The summed E-state index contributed by atoms with van der Waals surface area (Å²) in [5, 5.41) is 0. The Hall–Kier alpha value is -2.30. The van der Waals surface area contributed by atoms with Crippen LogP contribution in [0.5, 0.6) is 0 Å². The Labute approximate surface area is 117 Å². The van der Waals surface area contributed by atoms with Crippen molar-refractivity contribution in [2.24, 2.45) is 0 Å². The number of methoxy groups -OCH3 is 1. The summed E-state index contributed by atoms with van der Waals surface area (Å²) in [6.45, 7) is 3.45. The lowest BCUT2D eigenvalue weighted by Crippen LogP contribution is -2.27. The molecule has 0 spiro atoms. The molecule has 0 aliphatic rings. The molecule has 5 nitrogen and oxygen atoms in total. The second-order valence-corrected chi connectivity index (χ2v) is 4.74. The third-order valence-corrected chi connectivity index (χ3v) is 3.62. The van der Waals surface area contributed by atoms with E-state index in [1.165, 1.54) is 14.0 Å². The monoisotopic (exact) mass is 274 g/mol. The van der Waals surface area contributed by atoms with Gasteiger partial charge in [0, 0.05) is 25.9 Å². The van der Waals surface area contributed by atoms with E-state index in [2.05, 4.69) is 0 Å². The largest absolute Gasteiger partial charge is 0.465 e. The maximum absolute atomic E-state index is 11.9. The van der Waals surface area contributed by atoms with Crippen LogP contribution in [-0.4, -0.2) is 35.3 Å². The summed E-state index contributed by atoms with van der Waals surface area (Å²) in [5.41, 5.74) is 2.16. The first kappa shape index (κ1) is 14.1. The van der Waals surface area contributed by atoms with Crippen LogP contribution in [-0.2, 0) is 9.53 Å². The molecule has 1 atom stereocenters. The molecule has 0 saturated heterocycles. The van der Waals surface area contributed by atoms with E-state index in [1.54, 1.807) is 18.0 Å². The average molecular weight is 274 g/mol. The van der Waals surface area contributed by atoms with E-state index in [-0.39, 0.29) is 17.9 Å². The fraction of sp³-hybridized carbons (Fsp3) is 0.333. The summed E-state index contributed by atoms with van der Waals surface area (Å²) in [5.74, 6) is -0.402. The lowest BCUT2D eigenvalue weighted by atomic mass is 10.2. The molecular weight excluding hydrogens is 256 g/mol. The first-order chi connectivity index (χ1) is 9.47. The standard InChI is InChI=1S/C15H18N2O3/c1-10(16(3)11(2)18)14-9-12(15(19)20-4)13-7-5-6-8-17(13)14/h5-10H,1-4H3. The predicted octanol–water partition coefficient (Wildman–Crippen LogP) is 2.27. The van der Waals surface area contributed by atoms with Gasteiger partial charge in [-0.05, 0) is 25.1 Å². The second kappa shape index (κ2) is 5.36. The topological polar surface area (TPSA) is 51.0 Å². The van der Waals surface area contributed by atoms with Crippen LogP contribution in [0.4, 0.5) is 0 Å². The normalized spacial score (nSPS) is 12.2. The summed E-state index contributed by atoms with van der Waals surface area (Å²) in [6.07, 6.45) is 1.88. The minimum Gasteiger partial charge on any atom is -0.465 e. The zero-order valence-corrected chi connectivity index (χ0v) is 12.1. The van der Waals surface area contributed by atoms with Gasteiger partial charge in [0.05, 0.1) is 24.2 Å². The third kappa shape index (κ3) is 2.27. The molecular formula is C15H18N2O3. The van der Waals surface area contributed by atoms with E-state index in [9.17, 15) is 9.59 Å². The number of aromatic nitrogens is 1. The Balaban J connectivity index is 2.60. The average Bonchev–Trinajstić information content (AvgIpc) is 2.84. The Morgan fingerprint density at radius 1 is 1.35 bits per heavy atom. The molecule has 0 radical (unpaired) electrons. The maximum atomic E-state index is 11.9. The summed E-state index contributed by atoms with van der Waals surface area (Å²) >= 11 is 0. The van der Waals surface area contributed by atoms with Crippen LogP contribution in [0.2, 0.25) is 0 Å². The van der Waals surface area contributed by atoms with Crippen molar-refractivity contribution in [1.82, 2.24) is 9.30 Å². The van der Waals surface area contributed by atoms with Gasteiger partial charge in [-0.25, -0.2) is 4.79 Å². The summed E-state index contributed by atoms with van der Waals surface area (Å²) in [7, 11) is 3.10. The van der Waals surface area contributed by atoms with Crippen LogP contribution in [0.15, 0.2) is 30.5 Å². The van der Waals surface area contributed by atoms with Crippen LogP contribution in [0.25, 0.3) is 5.52 Å². The van der Waals surface area contributed by atoms with Crippen molar-refractivity contribution in [3.63, 3.8) is 0 Å². The molecule has 0 fully saturated rings. The van der Waals surface area contributed by atoms with Gasteiger partial charge in [-0.15, -0.1) is 0 Å². The van der Waals surface area contributed by atoms with Crippen LogP contribution in [0.1, 0.15) is 35.9 Å². The Morgan fingerprint density at radius 3 is 2.65 bits per heavy atom. The molecule has 0 bridgehead atoms. The molecule has 2 aromatic heterocycles. The zero-order valence-electron chi connectivity index (χ0n) is 12.1. The van der Waals surface area contributed by atoms with Crippen molar-refractivity contribution >= 4 is 17.4 Å². The molecule has 0 aromatic carbocycles. The Bertz CT molecular complexity index is 660. The summed E-state index contributed by atoms with van der Waals surface area (Å²) in [6, 6.07) is 7.26. The van der Waals surface area contributed by atoms with Crippen molar-refractivity contribution in [2.75, 3.05) is 14.2 Å². The first-order valence-corrected chi connectivity index (χ1v) is 6.39. The molecule has 0 aliphatic carbocycles. The van der Waals surface area contributed by atoms with Gasteiger partial charge >= 0.3 is 5.97 Å². The number of carbonyl (C=O) groups is 2. The molecule has 0 aliphatic heterocycles. The number of pyridine rings is 1. The highest BCUT2D eigenvalue weighted by molar-refractivity contribution is 5.97. The lowest BCUT2D eigenvalue weighted by Gasteiger charge is -2.23. The molecule has 5 heteroatoms. The number of amides is 1. The molecule has 2 heterocycles. The van der Waals surface area contributed by atoms with E-state index in [4.69, 9.17) is 4.74 Å². The van der Waals surface area contributed by atoms with Crippen molar-refractivity contribution in [2.45, 2.75) is 19.9 Å². The fourth-order valence-electron chi connectivity index (χ4n) is 2.25. The molecule has 0 saturated carbocycles. The number of fused-ring (bicyclic) bond motifs is 1. The van der Waals surface area contributed by atoms with Gasteiger partial charge in [-0.1, -0.05) is 6.07 Å². The zero-order chi connectivity index (χ0) is 14.9. The Morgan fingerprint density at radius 2 is 2.05 bits per heavy atom. The number of rotatable bonds is 3. The predicted molar refractivity (Wildman–Crippen MR) is 75.6 cm³/mol. The number of hydrogen-bond donors (Lipinski definition) is 0. The van der Waals surface area contributed by atoms with Gasteiger partial charge in [-0.2, -0.15) is 0 Å². The maximum Gasteiger partial charge on any atom is 0.340 e. The number of hydrogen-bond acceptors (Lipinski definition) is 3. The number of nitrogens with zero attached hydrogens (tertiary/aromatic N) is 2. The minimum absolute atomic E-state index is 0.0250. The quantitative estimate of drug-likeness (QED) is 0.807. The van der Waals surface area contributed by atoms with Gasteiger partial charge in [-0.3, -0.25) is 4.79 Å². The second-order valence-electron chi connectivity index (χ2n) is 4.74. The van der Waals surface area contributed by atoms with Crippen LogP contribution in [0, 0.1) is 0 Å². The van der Waals surface area contributed by atoms with Crippen LogP contribution >= 0.6 is 0 Å². The van der Waals surface area contributed by atoms with E-state index in [0.717, 1.165) is 11.2 Å². The van der Waals surface area contributed by atoms with Crippen LogP contribution < -0.4 is 0 Å². The van der Waals surface area contributed by atoms with Gasteiger partial charge in [0.15, 0.2) is 0 Å². The van der Waals surface area contributed by atoms with Crippen molar-refractivity contribution in [3.8, 4) is 0 Å². The molecule has 2 aromatic rings. The first-order valence-electron chi connectivity index (χ1n) is 6.39. The summed E-state index contributed by atoms with van der Waals surface area (Å²) in [4.78, 5) is 25.0. The highest BCUT2D eigenvalue weighted by atomic mass is 16.5. The molecule has 106 valence electrons. The highest BCUT2D eigenvalue weighted by Crippen LogP contribution is 2.25. The number of ether oxygens (including phenoxy) is 1. The van der Waals surface area contributed by atoms with Crippen molar-refractivity contribution < 1.29 is 14.3 Å². The van der Waals surface area contributed by atoms with Crippen LogP contribution in [0.3, 0.4) is 0 Å². The number of esters is 1. The van der Waals surface area contributed by atoms with Gasteiger partial charge in [0.1, 0.15) is 0 Å². The SMILES string of the molecule is COC(=O)c1cc(C(C)N(C)C(C)=O)n2ccccc12. The van der Waals surface area contributed by atoms with Crippen molar-refractivity contribution in [1.29, 1.82) is 0 Å². The lowest BCUT2D eigenvalue weighted by molar-refractivity contribution is -0.129. The molecule has 1 unspecified atom stereocenters. The van der Waals surface area contributed by atoms with E-state index in [0.29, 0.717) is 5.56 Å². The van der Waals surface area contributed by atoms with E-state index in [1.807, 2.05) is 35.7 Å². The Kier molecular flexibility index (Phi) is 3.79. The molecule has 20 heavy (non-hydrogen) atoms. The van der Waals surface area contributed by atoms with Gasteiger partial charge < -0.3 is 14.0 Å². The fourth-order valence-corrected chi connectivity index (χ4v) is 2.25. The van der Waals surface area contributed by atoms with Gasteiger partial charge in [0.25, 0.3) is 0 Å². The third-order valence-electron chi connectivity index (χ3n) is 3.62. The van der Waals surface area contributed by atoms with Crippen molar-refractivity contribution in [3.05, 3.63) is 41.7 Å². The molecule has 0 N–H and O–H groups in total. The number of carbonyl (C=O) groups excluding carboxylic acids is 2. The molecule has 2 rings (SSSR count). The highest BCUT2D eigenvalue weighted by Gasteiger charge is 2.22. The molecule has 1 amide bonds. The summed E-state index contributed by atoms with van der Waals surface area (Å²) < 4.78 is 6.73. The minimum atomic E-state index is -0.377. The van der Waals surface area contributed by atoms with Gasteiger partial charge in [0.2, 0.25) is 5.91 Å². The smallest absolute Gasteiger partial charge is 0.340 e.